The summed E-state index contributed by atoms with van der Waals surface area (Å²) < 4.78 is 11.6. The minimum atomic E-state index is -0.354. The van der Waals surface area contributed by atoms with Crippen molar-refractivity contribution in [1.82, 2.24) is 9.97 Å². The topological polar surface area (TPSA) is 44.2 Å². The predicted molar refractivity (Wildman–Crippen MR) is 218 cm³/mol. The molecular formula is C49H42N2O2. The van der Waals surface area contributed by atoms with Crippen molar-refractivity contribution in [3.63, 3.8) is 0 Å². The van der Waals surface area contributed by atoms with Gasteiger partial charge in [-0.05, 0) is 100 Å². The van der Waals surface area contributed by atoms with Crippen LogP contribution in [0.4, 0.5) is 0 Å². The number of hydrogen-bond acceptors (Lipinski definition) is 4. The van der Waals surface area contributed by atoms with Crippen LogP contribution in [0, 0.1) is 0 Å². The number of rotatable bonds is 10. The molecule has 0 spiro atoms. The van der Waals surface area contributed by atoms with E-state index in [9.17, 15) is 0 Å². The third kappa shape index (κ3) is 4.82. The summed E-state index contributed by atoms with van der Waals surface area (Å²) in [7, 11) is 3.65. The lowest BCUT2D eigenvalue weighted by molar-refractivity contribution is 0.173. The van der Waals surface area contributed by atoms with Gasteiger partial charge in [0.25, 0.3) is 0 Å². The summed E-state index contributed by atoms with van der Waals surface area (Å²) >= 11 is 0. The highest BCUT2D eigenvalue weighted by molar-refractivity contribution is 6.05. The Morgan fingerprint density at radius 1 is 0.453 bits per heavy atom. The van der Waals surface area contributed by atoms with Crippen molar-refractivity contribution in [2.24, 2.45) is 0 Å². The molecule has 0 bridgehead atoms. The number of aromatic nitrogens is 2. The molecule has 0 N–H and O–H groups in total. The first-order chi connectivity index (χ1) is 26.1. The molecule has 2 unspecified atom stereocenters. The van der Waals surface area contributed by atoms with Gasteiger partial charge in [0, 0.05) is 60.2 Å². The summed E-state index contributed by atoms with van der Waals surface area (Å²) in [6, 6.07) is 49.4. The first kappa shape index (κ1) is 32.2. The van der Waals surface area contributed by atoms with Gasteiger partial charge in [0.1, 0.15) is 0 Å². The SMILES string of the molecule is COCCCC1(CC2(CCCOC)c3cc4ccccc4nc3-c3c2ccc2ccccc32)c2cc3ccccc3nc2-c2c1ccc1ccccc21. The van der Waals surface area contributed by atoms with Crippen molar-refractivity contribution >= 4 is 43.4 Å². The maximum atomic E-state index is 5.80. The molecule has 53 heavy (non-hydrogen) atoms. The number of benzene rings is 6. The normalized spacial score (nSPS) is 18.5. The minimum absolute atomic E-state index is 0.354. The molecule has 2 heterocycles. The number of para-hydroxylation sites is 2. The molecule has 6 aromatic carbocycles. The lowest BCUT2D eigenvalue weighted by Gasteiger charge is -2.43. The predicted octanol–water partition coefficient (Wildman–Crippen LogP) is 11.6. The molecule has 0 saturated heterocycles. The maximum Gasteiger partial charge on any atom is 0.0760 e. The lowest BCUT2D eigenvalue weighted by atomic mass is 9.59. The molecule has 2 aliphatic carbocycles. The second kappa shape index (κ2) is 12.6. The standard InChI is InChI=1S/C49H42N2O2/c1-52-27-11-25-48(38-23-21-32-13-3-7-17-36(32)44(38)46-40(48)29-34-15-5-9-19-42(34)50-46)31-49(26-12-28-53-2)39-24-22-33-14-4-8-18-37(33)45(39)47-41(49)30-35-16-6-10-20-43(35)51-47/h3-10,13-24,29-30H,11-12,25-28,31H2,1-2H3. The van der Waals surface area contributed by atoms with E-state index in [0.717, 1.165) is 54.5 Å². The fourth-order valence-electron chi connectivity index (χ4n) is 10.1. The Hall–Kier alpha value is -5.42. The first-order valence-electron chi connectivity index (χ1n) is 19.0. The summed E-state index contributed by atoms with van der Waals surface area (Å²) in [6.07, 6.45) is 4.60. The lowest BCUT2D eigenvalue weighted by Crippen LogP contribution is -2.38. The average molecular weight is 691 g/mol. The van der Waals surface area contributed by atoms with Gasteiger partial charge in [0.05, 0.1) is 22.4 Å². The zero-order valence-corrected chi connectivity index (χ0v) is 30.4. The van der Waals surface area contributed by atoms with Gasteiger partial charge in [-0.2, -0.15) is 0 Å². The molecule has 2 aromatic heterocycles. The van der Waals surface area contributed by atoms with Crippen LogP contribution in [0.3, 0.4) is 0 Å². The smallest absolute Gasteiger partial charge is 0.0760 e. The average Bonchev–Trinajstić information content (AvgIpc) is 3.62. The van der Waals surface area contributed by atoms with Gasteiger partial charge in [-0.25, -0.2) is 9.97 Å². The van der Waals surface area contributed by atoms with Crippen LogP contribution in [0.15, 0.2) is 133 Å². The van der Waals surface area contributed by atoms with Crippen LogP contribution in [0.1, 0.15) is 54.4 Å². The Bertz CT molecular complexity index is 2530. The summed E-state index contributed by atoms with van der Waals surface area (Å²) in [4.78, 5) is 11.1. The van der Waals surface area contributed by atoms with Gasteiger partial charge in [0.15, 0.2) is 0 Å². The fourth-order valence-corrected chi connectivity index (χ4v) is 10.1. The highest BCUT2D eigenvalue weighted by atomic mass is 16.5. The number of methoxy groups -OCH3 is 2. The molecule has 0 amide bonds. The molecule has 2 aliphatic rings. The Labute approximate surface area is 310 Å². The van der Waals surface area contributed by atoms with E-state index in [0.29, 0.717) is 13.2 Å². The summed E-state index contributed by atoms with van der Waals surface area (Å²) in [6.45, 7) is 1.39. The zero-order valence-electron chi connectivity index (χ0n) is 30.4. The van der Waals surface area contributed by atoms with Crippen molar-refractivity contribution in [2.75, 3.05) is 27.4 Å². The van der Waals surface area contributed by atoms with Crippen molar-refractivity contribution in [2.45, 2.75) is 42.9 Å². The van der Waals surface area contributed by atoms with E-state index in [1.165, 1.54) is 65.7 Å². The Morgan fingerprint density at radius 2 is 0.868 bits per heavy atom. The number of fused-ring (bicyclic) bond motifs is 12. The second-order valence-electron chi connectivity index (χ2n) is 15.1. The fraction of sp³-hybridized carbons (Fsp3) is 0.224. The molecule has 4 heteroatoms. The molecule has 10 rings (SSSR count). The van der Waals surface area contributed by atoms with E-state index in [4.69, 9.17) is 19.4 Å². The van der Waals surface area contributed by atoms with Crippen molar-refractivity contribution in [3.05, 3.63) is 156 Å². The van der Waals surface area contributed by atoms with Gasteiger partial charge in [-0.1, -0.05) is 109 Å². The molecule has 0 fully saturated rings. The van der Waals surface area contributed by atoms with Crippen LogP contribution in [-0.2, 0) is 20.3 Å². The summed E-state index contributed by atoms with van der Waals surface area (Å²) in [5, 5.41) is 7.38. The Morgan fingerprint density at radius 3 is 1.32 bits per heavy atom. The van der Waals surface area contributed by atoms with E-state index >= 15 is 0 Å². The van der Waals surface area contributed by atoms with Crippen molar-refractivity contribution in [1.29, 1.82) is 0 Å². The first-order valence-corrected chi connectivity index (χ1v) is 19.0. The van der Waals surface area contributed by atoms with Crippen LogP contribution in [-0.4, -0.2) is 37.4 Å². The maximum absolute atomic E-state index is 5.80. The second-order valence-corrected chi connectivity index (χ2v) is 15.1. The molecule has 4 nitrogen and oxygen atoms in total. The van der Waals surface area contributed by atoms with Gasteiger partial charge in [0.2, 0.25) is 0 Å². The van der Waals surface area contributed by atoms with Crippen LogP contribution < -0.4 is 0 Å². The van der Waals surface area contributed by atoms with E-state index in [2.05, 4.69) is 133 Å². The molecule has 0 saturated carbocycles. The highest BCUT2D eigenvalue weighted by Gasteiger charge is 2.54. The van der Waals surface area contributed by atoms with E-state index < -0.39 is 0 Å². The third-order valence-electron chi connectivity index (χ3n) is 12.3. The quantitative estimate of drug-likeness (QED) is 0.134. The third-order valence-corrected chi connectivity index (χ3v) is 12.3. The number of ether oxygens (including phenoxy) is 2. The molecule has 260 valence electrons. The minimum Gasteiger partial charge on any atom is -0.385 e. The van der Waals surface area contributed by atoms with Crippen LogP contribution >= 0.6 is 0 Å². The Kier molecular flexibility index (Phi) is 7.68. The van der Waals surface area contributed by atoms with Crippen molar-refractivity contribution in [3.8, 4) is 22.5 Å². The monoisotopic (exact) mass is 690 g/mol. The van der Waals surface area contributed by atoms with Crippen LogP contribution in [0.25, 0.3) is 65.9 Å². The summed E-state index contributed by atoms with van der Waals surface area (Å²) in [5.74, 6) is 0. The summed E-state index contributed by atoms with van der Waals surface area (Å²) in [5.41, 5.74) is 11.6. The van der Waals surface area contributed by atoms with Gasteiger partial charge in [-0.15, -0.1) is 0 Å². The van der Waals surface area contributed by atoms with Crippen molar-refractivity contribution < 1.29 is 9.47 Å². The molecule has 0 aliphatic heterocycles. The van der Waals surface area contributed by atoms with Crippen LogP contribution in [0.2, 0.25) is 0 Å². The van der Waals surface area contributed by atoms with E-state index in [1.54, 1.807) is 0 Å². The van der Waals surface area contributed by atoms with Gasteiger partial charge in [-0.3, -0.25) is 0 Å². The van der Waals surface area contributed by atoms with Gasteiger partial charge >= 0.3 is 0 Å². The van der Waals surface area contributed by atoms with Gasteiger partial charge < -0.3 is 9.47 Å². The van der Waals surface area contributed by atoms with Crippen LogP contribution in [0.5, 0.6) is 0 Å². The Balaban J connectivity index is 1.32. The largest absolute Gasteiger partial charge is 0.385 e. The number of pyridine rings is 2. The van der Waals surface area contributed by atoms with E-state index in [-0.39, 0.29) is 10.8 Å². The van der Waals surface area contributed by atoms with E-state index in [1.807, 2.05) is 14.2 Å². The molecular weight excluding hydrogens is 649 g/mol. The molecule has 2 atom stereocenters. The molecule has 8 aromatic rings. The number of hydrogen-bond donors (Lipinski definition) is 0. The number of nitrogens with zero attached hydrogens (tertiary/aromatic N) is 2. The highest BCUT2D eigenvalue weighted by Crippen LogP contribution is 2.63. The molecule has 0 radical (unpaired) electrons. The zero-order chi connectivity index (χ0) is 35.6.